The van der Waals surface area contributed by atoms with E-state index >= 15 is 0 Å². The summed E-state index contributed by atoms with van der Waals surface area (Å²) in [5.41, 5.74) is 8.29. The fourth-order valence-electron chi connectivity index (χ4n) is 0.803. The fourth-order valence-corrected chi connectivity index (χ4v) is 0.803. The van der Waals surface area contributed by atoms with Gasteiger partial charge < -0.3 is 14.7 Å². The van der Waals surface area contributed by atoms with Gasteiger partial charge in [-0.1, -0.05) is 0 Å². The lowest BCUT2D eigenvalue weighted by atomic mass is 10.3. The minimum atomic E-state index is -0.708. The number of esters is 1. The SMILES string of the molecule is CCOC(=O)C(=[N+]=[N-])c1ccco1. The standard InChI is InChI=1S/C8H8N2O3/c1-2-12-8(11)7(10-9)6-4-3-5-13-6/h3-5H,2H2,1H3. The molecule has 0 N–H and O–H groups in total. The quantitative estimate of drug-likeness (QED) is 0.299. The van der Waals surface area contributed by atoms with Crippen LogP contribution in [0.25, 0.3) is 5.53 Å². The van der Waals surface area contributed by atoms with Crippen LogP contribution < -0.4 is 0 Å². The molecule has 0 unspecified atom stereocenters. The molecular weight excluding hydrogens is 172 g/mol. The van der Waals surface area contributed by atoms with Crippen molar-refractivity contribution in [3.05, 3.63) is 29.7 Å². The van der Waals surface area contributed by atoms with Gasteiger partial charge in [0.05, 0.1) is 12.9 Å². The highest BCUT2D eigenvalue weighted by Crippen LogP contribution is 2.01. The first kappa shape index (κ1) is 9.22. The maximum atomic E-state index is 11.1. The molecule has 0 atom stereocenters. The van der Waals surface area contributed by atoms with E-state index in [1.807, 2.05) is 0 Å². The molecule has 1 rings (SSSR count). The number of hydrogen-bond acceptors (Lipinski definition) is 3. The van der Waals surface area contributed by atoms with Gasteiger partial charge in [0, 0.05) is 0 Å². The third-order valence-corrected chi connectivity index (χ3v) is 1.32. The van der Waals surface area contributed by atoms with Crippen LogP contribution in [-0.2, 0) is 9.53 Å². The summed E-state index contributed by atoms with van der Waals surface area (Å²) < 4.78 is 9.49. The second kappa shape index (κ2) is 4.23. The monoisotopic (exact) mass is 180 g/mol. The van der Waals surface area contributed by atoms with Crippen molar-refractivity contribution in [1.82, 2.24) is 0 Å². The van der Waals surface area contributed by atoms with Gasteiger partial charge in [-0.25, -0.2) is 4.79 Å². The van der Waals surface area contributed by atoms with E-state index in [0.717, 1.165) is 0 Å². The summed E-state index contributed by atoms with van der Waals surface area (Å²) >= 11 is 0. The third-order valence-electron chi connectivity index (χ3n) is 1.32. The minimum Gasteiger partial charge on any atom is -0.457 e. The summed E-state index contributed by atoms with van der Waals surface area (Å²) in [6.45, 7) is 1.88. The largest absolute Gasteiger partial charge is 0.457 e. The zero-order valence-electron chi connectivity index (χ0n) is 7.06. The van der Waals surface area contributed by atoms with Crippen LogP contribution in [0.5, 0.6) is 0 Å². The Balaban J connectivity index is 2.88. The number of nitrogens with zero attached hydrogens (tertiary/aromatic N) is 2. The molecule has 0 aliphatic rings. The molecule has 0 fully saturated rings. The fraction of sp³-hybridized carbons (Fsp3) is 0.250. The number of carbonyl (C=O) groups excluding carboxylic acids is 1. The minimum absolute atomic E-state index is 0.181. The molecular formula is C8H8N2O3. The molecule has 0 aromatic carbocycles. The Morgan fingerprint density at radius 1 is 1.77 bits per heavy atom. The van der Waals surface area contributed by atoms with Crippen LogP contribution in [0.3, 0.4) is 0 Å². The van der Waals surface area contributed by atoms with Gasteiger partial charge in [-0.2, -0.15) is 4.79 Å². The second-order valence-corrected chi connectivity index (χ2v) is 2.15. The summed E-state index contributed by atoms with van der Waals surface area (Å²) in [6, 6.07) is 3.09. The Labute approximate surface area is 74.5 Å². The van der Waals surface area contributed by atoms with E-state index in [2.05, 4.69) is 9.53 Å². The Bertz CT molecular complexity index is 336. The van der Waals surface area contributed by atoms with Gasteiger partial charge in [0.25, 0.3) is 0 Å². The van der Waals surface area contributed by atoms with E-state index in [9.17, 15) is 4.79 Å². The van der Waals surface area contributed by atoms with Crippen molar-refractivity contribution in [2.75, 3.05) is 6.61 Å². The molecule has 0 aliphatic heterocycles. The highest BCUT2D eigenvalue weighted by molar-refractivity contribution is 6.39. The van der Waals surface area contributed by atoms with Crippen LogP contribution >= 0.6 is 0 Å². The second-order valence-electron chi connectivity index (χ2n) is 2.15. The van der Waals surface area contributed by atoms with Crippen LogP contribution in [0.4, 0.5) is 0 Å². The molecule has 5 heteroatoms. The molecule has 0 radical (unpaired) electrons. The molecule has 1 aromatic heterocycles. The summed E-state index contributed by atoms with van der Waals surface area (Å²) in [5.74, 6) is -0.527. The Kier molecular flexibility index (Phi) is 3.00. The van der Waals surface area contributed by atoms with Gasteiger partial charge in [-0.15, -0.1) is 0 Å². The number of furan rings is 1. The van der Waals surface area contributed by atoms with Crippen LogP contribution in [0, 0.1) is 0 Å². The smallest absolute Gasteiger partial charge is 0.441 e. The Morgan fingerprint density at radius 2 is 2.54 bits per heavy atom. The molecule has 0 aliphatic carbocycles. The van der Waals surface area contributed by atoms with Gasteiger partial charge >= 0.3 is 11.7 Å². The van der Waals surface area contributed by atoms with E-state index in [1.165, 1.54) is 12.3 Å². The van der Waals surface area contributed by atoms with Crippen molar-refractivity contribution in [1.29, 1.82) is 0 Å². The highest BCUT2D eigenvalue weighted by atomic mass is 16.5. The molecule has 1 aromatic rings. The third kappa shape index (κ3) is 2.04. The van der Waals surface area contributed by atoms with Gasteiger partial charge in [-0.05, 0) is 19.1 Å². The maximum Gasteiger partial charge on any atom is 0.441 e. The van der Waals surface area contributed by atoms with Crippen LogP contribution in [0.15, 0.2) is 22.8 Å². The van der Waals surface area contributed by atoms with E-state index < -0.39 is 5.97 Å². The highest BCUT2D eigenvalue weighted by Gasteiger charge is 2.26. The molecule has 68 valence electrons. The lowest BCUT2D eigenvalue weighted by Gasteiger charge is -1.93. The zero-order valence-corrected chi connectivity index (χ0v) is 7.06. The molecule has 13 heavy (non-hydrogen) atoms. The van der Waals surface area contributed by atoms with Crippen LogP contribution in [0.1, 0.15) is 12.7 Å². The molecule has 0 bridgehead atoms. The van der Waals surface area contributed by atoms with Crippen molar-refractivity contribution in [2.45, 2.75) is 6.92 Å². The first-order valence-electron chi connectivity index (χ1n) is 3.72. The summed E-state index contributed by atoms with van der Waals surface area (Å²) in [4.78, 5) is 13.9. The van der Waals surface area contributed by atoms with Crippen molar-refractivity contribution >= 4 is 11.7 Å². The Morgan fingerprint density at radius 3 is 3.00 bits per heavy atom. The summed E-state index contributed by atoms with van der Waals surface area (Å²) in [7, 11) is 0. The zero-order chi connectivity index (χ0) is 9.68. The lowest BCUT2D eigenvalue weighted by Crippen LogP contribution is -2.19. The normalized spacial score (nSPS) is 9.00. The van der Waals surface area contributed by atoms with E-state index in [-0.39, 0.29) is 18.1 Å². The molecule has 5 nitrogen and oxygen atoms in total. The molecule has 0 saturated heterocycles. The average molecular weight is 180 g/mol. The maximum absolute atomic E-state index is 11.1. The van der Waals surface area contributed by atoms with Crippen molar-refractivity contribution in [2.24, 2.45) is 0 Å². The van der Waals surface area contributed by atoms with Crippen molar-refractivity contribution < 1.29 is 18.7 Å². The number of carbonyl (C=O) groups is 1. The predicted octanol–water partition coefficient (Wildman–Crippen LogP) is 0.862. The number of rotatable bonds is 3. The van der Waals surface area contributed by atoms with E-state index in [1.54, 1.807) is 13.0 Å². The first-order valence-corrected chi connectivity index (χ1v) is 3.72. The molecule has 0 spiro atoms. The predicted molar refractivity (Wildman–Crippen MR) is 43.1 cm³/mol. The number of ether oxygens (including phenoxy) is 1. The van der Waals surface area contributed by atoms with E-state index in [4.69, 9.17) is 9.95 Å². The van der Waals surface area contributed by atoms with E-state index in [0.29, 0.717) is 0 Å². The van der Waals surface area contributed by atoms with Crippen LogP contribution in [0.2, 0.25) is 0 Å². The average Bonchev–Trinajstić information content (AvgIpc) is 2.59. The number of hydrogen-bond donors (Lipinski definition) is 0. The van der Waals surface area contributed by atoms with Crippen molar-refractivity contribution in [3.63, 3.8) is 0 Å². The molecule has 0 saturated carbocycles. The van der Waals surface area contributed by atoms with Gasteiger partial charge in [0.15, 0.2) is 0 Å². The summed E-state index contributed by atoms with van der Waals surface area (Å²) in [5, 5.41) is 0. The van der Waals surface area contributed by atoms with Crippen LogP contribution in [-0.4, -0.2) is 23.1 Å². The molecule has 0 amide bonds. The van der Waals surface area contributed by atoms with Gasteiger partial charge in [0.1, 0.15) is 0 Å². The topological polar surface area (TPSA) is 75.8 Å². The Hall–Kier alpha value is -1.87. The summed E-state index contributed by atoms with van der Waals surface area (Å²) in [6.07, 6.45) is 1.37. The lowest BCUT2D eigenvalue weighted by molar-refractivity contribution is -0.139. The molecule has 1 heterocycles. The van der Waals surface area contributed by atoms with Gasteiger partial charge in [-0.3, -0.25) is 0 Å². The van der Waals surface area contributed by atoms with Crippen molar-refractivity contribution in [3.8, 4) is 0 Å². The first-order chi connectivity index (χ1) is 6.29. The van der Waals surface area contributed by atoms with Gasteiger partial charge in [0.2, 0.25) is 5.76 Å².